The van der Waals surface area contributed by atoms with Gasteiger partial charge in [0.1, 0.15) is 5.82 Å². The highest BCUT2D eigenvalue weighted by molar-refractivity contribution is 5.36. The molecule has 1 aliphatic rings. The lowest BCUT2D eigenvalue weighted by atomic mass is 10.1. The first-order chi connectivity index (χ1) is 10.2. The first-order valence-corrected chi connectivity index (χ1v) is 7.58. The van der Waals surface area contributed by atoms with E-state index in [0.717, 1.165) is 32.0 Å². The van der Waals surface area contributed by atoms with E-state index in [0.29, 0.717) is 5.92 Å². The van der Waals surface area contributed by atoms with Crippen LogP contribution in [0.25, 0.3) is 0 Å². The third-order valence-corrected chi connectivity index (χ3v) is 4.19. The Morgan fingerprint density at radius 1 is 1.43 bits per heavy atom. The second-order valence-electron chi connectivity index (χ2n) is 6.01. The Balaban J connectivity index is 1.47. The zero-order chi connectivity index (χ0) is 14.7. The van der Waals surface area contributed by atoms with Crippen molar-refractivity contribution < 1.29 is 0 Å². The van der Waals surface area contributed by atoms with Gasteiger partial charge in [0, 0.05) is 37.1 Å². The Morgan fingerprint density at radius 2 is 2.33 bits per heavy atom. The van der Waals surface area contributed by atoms with Crippen molar-refractivity contribution in [2.75, 3.05) is 25.0 Å². The number of aromatic amines is 1. The topological polar surface area (TPSA) is 56.8 Å². The number of likely N-dealkylation sites (tertiary alicyclic amines) is 1. The molecule has 0 spiro atoms. The van der Waals surface area contributed by atoms with Crippen LogP contribution in [0.3, 0.4) is 0 Å². The van der Waals surface area contributed by atoms with Crippen molar-refractivity contribution in [3.05, 3.63) is 41.3 Å². The van der Waals surface area contributed by atoms with Gasteiger partial charge in [-0.2, -0.15) is 5.10 Å². The lowest BCUT2D eigenvalue weighted by Gasteiger charge is -2.16. The standard InChI is InChI=1S/C16H23N5/c1-12-3-5-17-16(7-12)18-8-14-4-6-21(10-14)11-15-9-19-20-13(15)2/h3,5,7,9,14H,4,6,8,10-11H2,1-2H3,(H,17,18)(H,19,20). The van der Waals surface area contributed by atoms with Crippen molar-refractivity contribution in [2.45, 2.75) is 26.8 Å². The molecule has 2 N–H and O–H groups in total. The molecule has 21 heavy (non-hydrogen) atoms. The minimum atomic E-state index is 0.694. The summed E-state index contributed by atoms with van der Waals surface area (Å²) in [7, 11) is 0. The van der Waals surface area contributed by atoms with Crippen molar-refractivity contribution in [2.24, 2.45) is 5.92 Å². The molecule has 1 unspecified atom stereocenters. The largest absolute Gasteiger partial charge is 0.370 e. The van der Waals surface area contributed by atoms with Crippen LogP contribution in [0, 0.1) is 19.8 Å². The summed E-state index contributed by atoms with van der Waals surface area (Å²) in [5.41, 5.74) is 3.74. The number of nitrogens with one attached hydrogen (secondary N) is 2. The molecule has 5 nitrogen and oxygen atoms in total. The maximum absolute atomic E-state index is 4.35. The lowest BCUT2D eigenvalue weighted by molar-refractivity contribution is 0.318. The van der Waals surface area contributed by atoms with Gasteiger partial charge in [-0.05, 0) is 50.4 Å². The number of H-pyrrole nitrogens is 1. The van der Waals surface area contributed by atoms with Crippen molar-refractivity contribution >= 4 is 5.82 Å². The van der Waals surface area contributed by atoms with Gasteiger partial charge in [0.15, 0.2) is 0 Å². The SMILES string of the molecule is Cc1ccnc(NCC2CCN(Cc3cn[nH]c3C)C2)c1. The quantitative estimate of drug-likeness (QED) is 0.885. The van der Waals surface area contributed by atoms with Gasteiger partial charge in [0.2, 0.25) is 0 Å². The molecule has 3 rings (SSSR count). The molecular formula is C16H23N5. The molecule has 1 saturated heterocycles. The Hall–Kier alpha value is -1.88. The summed E-state index contributed by atoms with van der Waals surface area (Å²) in [5.74, 6) is 1.68. The van der Waals surface area contributed by atoms with E-state index >= 15 is 0 Å². The van der Waals surface area contributed by atoms with Gasteiger partial charge in [-0.1, -0.05) is 0 Å². The highest BCUT2D eigenvalue weighted by atomic mass is 15.2. The van der Waals surface area contributed by atoms with Crippen LogP contribution in [-0.2, 0) is 6.54 Å². The van der Waals surface area contributed by atoms with Crippen molar-refractivity contribution in [1.29, 1.82) is 0 Å². The second-order valence-corrected chi connectivity index (χ2v) is 6.01. The van der Waals surface area contributed by atoms with E-state index in [1.54, 1.807) is 0 Å². The number of aryl methyl sites for hydroxylation is 2. The molecule has 112 valence electrons. The minimum Gasteiger partial charge on any atom is -0.370 e. The summed E-state index contributed by atoms with van der Waals surface area (Å²) >= 11 is 0. The average Bonchev–Trinajstić information content (AvgIpc) is 3.07. The van der Waals surface area contributed by atoms with Crippen LogP contribution in [0.4, 0.5) is 5.82 Å². The predicted molar refractivity (Wildman–Crippen MR) is 84.2 cm³/mol. The molecule has 0 aromatic carbocycles. The molecule has 1 fully saturated rings. The summed E-state index contributed by atoms with van der Waals surface area (Å²) in [6, 6.07) is 4.12. The molecule has 0 radical (unpaired) electrons. The highest BCUT2D eigenvalue weighted by Crippen LogP contribution is 2.20. The van der Waals surface area contributed by atoms with E-state index in [-0.39, 0.29) is 0 Å². The van der Waals surface area contributed by atoms with Gasteiger partial charge in [-0.25, -0.2) is 4.98 Å². The molecule has 1 aliphatic heterocycles. The number of aromatic nitrogens is 3. The van der Waals surface area contributed by atoms with Crippen LogP contribution in [0.1, 0.15) is 23.2 Å². The molecular weight excluding hydrogens is 262 g/mol. The number of anilines is 1. The number of hydrogen-bond donors (Lipinski definition) is 2. The Bertz CT molecular complexity index is 592. The maximum Gasteiger partial charge on any atom is 0.126 e. The van der Waals surface area contributed by atoms with E-state index in [1.807, 2.05) is 18.5 Å². The molecule has 3 heterocycles. The number of pyridine rings is 1. The predicted octanol–water partition coefficient (Wildman–Crippen LogP) is 2.36. The van der Waals surface area contributed by atoms with E-state index in [1.165, 1.54) is 23.2 Å². The Labute approximate surface area is 125 Å². The molecule has 2 aromatic heterocycles. The van der Waals surface area contributed by atoms with Crippen LogP contribution >= 0.6 is 0 Å². The van der Waals surface area contributed by atoms with Gasteiger partial charge >= 0.3 is 0 Å². The summed E-state index contributed by atoms with van der Waals surface area (Å²) in [4.78, 5) is 6.86. The van der Waals surface area contributed by atoms with E-state index < -0.39 is 0 Å². The fourth-order valence-electron chi connectivity index (χ4n) is 2.88. The van der Waals surface area contributed by atoms with Crippen molar-refractivity contribution in [3.63, 3.8) is 0 Å². The van der Waals surface area contributed by atoms with Crippen LogP contribution in [0.2, 0.25) is 0 Å². The lowest BCUT2D eigenvalue weighted by Crippen LogP contribution is -2.23. The molecule has 1 atom stereocenters. The number of nitrogens with zero attached hydrogens (tertiary/aromatic N) is 3. The fourth-order valence-corrected chi connectivity index (χ4v) is 2.88. The summed E-state index contributed by atoms with van der Waals surface area (Å²) < 4.78 is 0. The molecule has 0 bridgehead atoms. The molecule has 2 aromatic rings. The second kappa shape index (κ2) is 6.26. The Morgan fingerprint density at radius 3 is 3.10 bits per heavy atom. The summed E-state index contributed by atoms with van der Waals surface area (Å²) in [5, 5.41) is 10.6. The fraction of sp³-hybridized carbons (Fsp3) is 0.500. The third kappa shape index (κ3) is 3.61. The molecule has 5 heteroatoms. The summed E-state index contributed by atoms with van der Waals surface area (Å²) in [6.45, 7) is 8.48. The first-order valence-electron chi connectivity index (χ1n) is 7.58. The maximum atomic E-state index is 4.35. The average molecular weight is 285 g/mol. The van der Waals surface area contributed by atoms with Gasteiger partial charge < -0.3 is 5.32 Å². The van der Waals surface area contributed by atoms with Crippen LogP contribution < -0.4 is 5.32 Å². The zero-order valence-electron chi connectivity index (χ0n) is 12.8. The van der Waals surface area contributed by atoms with Crippen LogP contribution in [0.5, 0.6) is 0 Å². The van der Waals surface area contributed by atoms with Crippen molar-refractivity contribution in [3.8, 4) is 0 Å². The Kier molecular flexibility index (Phi) is 4.20. The van der Waals surface area contributed by atoms with Crippen LogP contribution in [0.15, 0.2) is 24.5 Å². The highest BCUT2D eigenvalue weighted by Gasteiger charge is 2.23. The minimum absolute atomic E-state index is 0.694. The summed E-state index contributed by atoms with van der Waals surface area (Å²) in [6.07, 6.45) is 5.05. The van der Waals surface area contributed by atoms with Gasteiger partial charge in [0.05, 0.1) is 6.20 Å². The van der Waals surface area contributed by atoms with Gasteiger partial charge in [-0.15, -0.1) is 0 Å². The monoisotopic (exact) mass is 285 g/mol. The third-order valence-electron chi connectivity index (χ3n) is 4.19. The van der Waals surface area contributed by atoms with Crippen LogP contribution in [-0.4, -0.2) is 39.7 Å². The van der Waals surface area contributed by atoms with Gasteiger partial charge in [-0.3, -0.25) is 10.00 Å². The molecule has 0 amide bonds. The molecule has 0 saturated carbocycles. The number of hydrogen-bond acceptors (Lipinski definition) is 4. The van der Waals surface area contributed by atoms with E-state index in [2.05, 4.69) is 45.3 Å². The zero-order valence-corrected chi connectivity index (χ0v) is 12.8. The van der Waals surface area contributed by atoms with E-state index in [9.17, 15) is 0 Å². The number of rotatable bonds is 5. The van der Waals surface area contributed by atoms with E-state index in [4.69, 9.17) is 0 Å². The normalized spacial score (nSPS) is 19.0. The molecule has 0 aliphatic carbocycles. The smallest absolute Gasteiger partial charge is 0.126 e. The first kappa shape index (κ1) is 14.1. The van der Waals surface area contributed by atoms with Crippen molar-refractivity contribution in [1.82, 2.24) is 20.1 Å². The van der Waals surface area contributed by atoms with Gasteiger partial charge in [0.25, 0.3) is 0 Å².